The molecule has 2 heterocycles. The fraction of sp³-hybridized carbons (Fsp3) is 0.545. The van der Waals surface area contributed by atoms with Crippen LogP contribution in [0, 0.1) is 18.7 Å². The van der Waals surface area contributed by atoms with E-state index in [2.05, 4.69) is 10.6 Å². The number of hydrogen-bond acceptors (Lipinski definition) is 5. The van der Waals surface area contributed by atoms with Crippen LogP contribution < -0.4 is 10.6 Å². The minimum atomic E-state index is -5.00. The molecule has 4 amide bonds. The highest BCUT2D eigenvalue weighted by Gasteiger charge is 2.38. The third-order valence-corrected chi connectivity index (χ3v) is 9.60. The molecule has 2 aromatic carbocycles. The van der Waals surface area contributed by atoms with E-state index in [-0.39, 0.29) is 68.9 Å². The molecule has 0 aliphatic carbocycles. The number of urea groups is 1. The Labute approximate surface area is 287 Å². The van der Waals surface area contributed by atoms with Crippen molar-refractivity contribution < 1.29 is 54.1 Å². The number of carbonyl (C=O) groups is 3. The van der Waals surface area contributed by atoms with E-state index in [1.165, 1.54) is 28.0 Å². The minimum absolute atomic E-state index is 0.0382. The van der Waals surface area contributed by atoms with Crippen LogP contribution in [0.15, 0.2) is 36.4 Å². The molecule has 17 heteroatoms. The number of amides is 4. The highest BCUT2D eigenvalue weighted by atomic mass is 32.2. The van der Waals surface area contributed by atoms with Crippen molar-refractivity contribution in [3.63, 3.8) is 0 Å². The number of rotatable bonds is 9. The number of carbonyl (C=O) groups excluding carboxylic acids is 3. The lowest BCUT2D eigenvalue weighted by molar-refractivity contribution is -0.143. The number of hydrogen-bond donors (Lipinski definition) is 2. The number of likely N-dealkylation sites (tertiary alicyclic amines) is 2. The van der Waals surface area contributed by atoms with E-state index in [9.17, 15) is 49.3 Å². The van der Waals surface area contributed by atoms with Gasteiger partial charge in [-0.05, 0) is 73.2 Å². The van der Waals surface area contributed by atoms with Crippen molar-refractivity contribution >= 4 is 28.8 Å². The molecule has 4 rings (SSSR count). The average molecular weight is 737 g/mol. The molecule has 0 bridgehead atoms. The second-order valence-corrected chi connectivity index (χ2v) is 14.0. The Hall–Kier alpha value is -3.89. The zero-order valence-electron chi connectivity index (χ0n) is 27.5. The van der Waals surface area contributed by atoms with Gasteiger partial charge < -0.3 is 25.2 Å². The molecule has 1 unspecified atom stereocenters. The maximum absolute atomic E-state index is 14.0. The lowest BCUT2D eigenvalue weighted by Gasteiger charge is -2.40. The fourth-order valence-electron chi connectivity index (χ4n) is 6.17. The standard InChI is InChI=1S/C33H39F7N4O5S/c1-20-15-25(34)3-4-27(20)28-19-26(49-31(47)43-11-6-22(7-12-43)29(45)41-10-14-50(2)48)8-13-44(28)30(46)42-9-5-21-16-23(32(35,36)37)18-24(17-21)33(38,39)40/h3-4,15-18,22,26,28H,5-14,19H2,1-2H3,(H,41,45)(H,42,46)/t26-,28+,50?/m0/s1. The van der Waals surface area contributed by atoms with E-state index >= 15 is 0 Å². The van der Waals surface area contributed by atoms with Crippen molar-refractivity contribution in [2.24, 2.45) is 5.92 Å². The van der Waals surface area contributed by atoms with Gasteiger partial charge in [0.15, 0.2) is 0 Å². The van der Waals surface area contributed by atoms with Crippen LogP contribution in [0.1, 0.15) is 59.5 Å². The van der Waals surface area contributed by atoms with E-state index in [4.69, 9.17) is 4.74 Å². The van der Waals surface area contributed by atoms with Crippen molar-refractivity contribution in [3.8, 4) is 0 Å². The molecule has 2 saturated heterocycles. The van der Waals surface area contributed by atoms with Crippen molar-refractivity contribution in [1.82, 2.24) is 20.4 Å². The SMILES string of the molecule is Cc1cc(F)ccc1[C@H]1C[C@@H](OC(=O)N2CCC(C(=O)NCCS(C)=O)CC2)CCN1C(=O)NCCc1cc(C(F)(F)F)cc(C(F)(F)F)c1. The first-order chi connectivity index (χ1) is 23.4. The smallest absolute Gasteiger partial charge is 0.416 e. The van der Waals surface area contributed by atoms with Crippen LogP contribution in [0.25, 0.3) is 0 Å². The second-order valence-electron chi connectivity index (χ2n) is 12.5. The number of benzene rings is 2. The van der Waals surface area contributed by atoms with Gasteiger partial charge in [0.05, 0.1) is 17.2 Å². The lowest BCUT2D eigenvalue weighted by atomic mass is 9.90. The van der Waals surface area contributed by atoms with Crippen LogP contribution in [-0.4, -0.2) is 82.9 Å². The van der Waals surface area contributed by atoms with Crippen LogP contribution in [0.2, 0.25) is 0 Å². The molecule has 0 aromatic heterocycles. The van der Waals surface area contributed by atoms with Crippen LogP contribution >= 0.6 is 0 Å². The molecule has 2 aromatic rings. The van der Waals surface area contributed by atoms with Crippen LogP contribution in [-0.2, 0) is 39.1 Å². The average Bonchev–Trinajstić information content (AvgIpc) is 3.03. The van der Waals surface area contributed by atoms with Crippen LogP contribution in [0.3, 0.4) is 0 Å². The molecule has 3 atom stereocenters. The van der Waals surface area contributed by atoms with Crippen molar-refractivity contribution in [2.75, 3.05) is 44.7 Å². The van der Waals surface area contributed by atoms with Crippen molar-refractivity contribution in [1.29, 1.82) is 0 Å². The Bertz CT molecular complexity index is 1530. The van der Waals surface area contributed by atoms with Crippen LogP contribution in [0.4, 0.5) is 40.3 Å². The summed E-state index contributed by atoms with van der Waals surface area (Å²) in [6.07, 6.45) is -8.77. The topological polar surface area (TPSA) is 108 Å². The summed E-state index contributed by atoms with van der Waals surface area (Å²) in [5.41, 5.74) is -2.06. The molecule has 0 saturated carbocycles. The zero-order chi connectivity index (χ0) is 36.8. The summed E-state index contributed by atoms with van der Waals surface area (Å²) >= 11 is 0. The number of ether oxygens (including phenoxy) is 1. The second kappa shape index (κ2) is 16.4. The van der Waals surface area contributed by atoms with E-state index in [0.29, 0.717) is 48.4 Å². The third kappa shape index (κ3) is 10.6. The number of halogens is 7. The lowest BCUT2D eigenvalue weighted by Crippen LogP contribution is -2.49. The maximum atomic E-state index is 14.0. The highest BCUT2D eigenvalue weighted by Crippen LogP contribution is 2.37. The van der Waals surface area contributed by atoms with Gasteiger partial charge >= 0.3 is 24.5 Å². The Balaban J connectivity index is 1.39. The van der Waals surface area contributed by atoms with E-state index in [0.717, 1.165) is 0 Å². The monoisotopic (exact) mass is 736 g/mol. The van der Waals surface area contributed by atoms with Gasteiger partial charge in [-0.25, -0.2) is 14.0 Å². The van der Waals surface area contributed by atoms with Crippen molar-refractivity contribution in [3.05, 3.63) is 70.0 Å². The van der Waals surface area contributed by atoms with Gasteiger partial charge in [0.2, 0.25) is 5.91 Å². The fourth-order valence-corrected chi connectivity index (χ4v) is 6.56. The quantitative estimate of drug-likeness (QED) is 0.309. The van der Waals surface area contributed by atoms with Gasteiger partial charge in [0.1, 0.15) is 11.9 Å². The summed E-state index contributed by atoms with van der Waals surface area (Å²) in [5.74, 6) is -0.607. The third-order valence-electron chi connectivity index (χ3n) is 8.82. The summed E-state index contributed by atoms with van der Waals surface area (Å²) in [5, 5.41) is 5.33. The van der Waals surface area contributed by atoms with Gasteiger partial charge in [0, 0.05) is 74.3 Å². The summed E-state index contributed by atoms with van der Waals surface area (Å²) in [4.78, 5) is 41.8. The zero-order valence-corrected chi connectivity index (χ0v) is 28.3. The van der Waals surface area contributed by atoms with Gasteiger partial charge in [-0.2, -0.15) is 26.3 Å². The molecule has 9 nitrogen and oxygen atoms in total. The number of alkyl halides is 6. The maximum Gasteiger partial charge on any atom is 0.416 e. The normalized spacial score (nSPS) is 19.5. The summed E-state index contributed by atoms with van der Waals surface area (Å²) in [7, 11) is -1.03. The van der Waals surface area contributed by atoms with Gasteiger partial charge in [-0.1, -0.05) is 6.07 Å². The predicted octanol–water partition coefficient (Wildman–Crippen LogP) is 5.97. The molecular formula is C33H39F7N4O5S. The first kappa shape index (κ1) is 38.9. The van der Waals surface area contributed by atoms with Gasteiger partial charge in [-0.3, -0.25) is 9.00 Å². The summed E-state index contributed by atoms with van der Waals surface area (Å²) < 4.78 is 111. The molecule has 276 valence electrons. The highest BCUT2D eigenvalue weighted by molar-refractivity contribution is 7.84. The predicted molar refractivity (Wildman–Crippen MR) is 170 cm³/mol. The largest absolute Gasteiger partial charge is 0.446 e. The molecular weight excluding hydrogens is 697 g/mol. The number of nitrogens with one attached hydrogen (secondary N) is 2. The minimum Gasteiger partial charge on any atom is -0.446 e. The molecule has 2 aliphatic rings. The summed E-state index contributed by atoms with van der Waals surface area (Å²) in [6.45, 7) is 2.33. The van der Waals surface area contributed by atoms with Crippen LogP contribution in [0.5, 0.6) is 0 Å². The van der Waals surface area contributed by atoms with Gasteiger partial charge in [-0.15, -0.1) is 0 Å². The van der Waals surface area contributed by atoms with Gasteiger partial charge in [0.25, 0.3) is 0 Å². The van der Waals surface area contributed by atoms with Crippen molar-refractivity contribution in [2.45, 2.75) is 63.5 Å². The molecule has 0 radical (unpaired) electrons. The Morgan fingerprint density at radius 3 is 2.12 bits per heavy atom. The van der Waals surface area contributed by atoms with E-state index < -0.39 is 64.4 Å². The first-order valence-electron chi connectivity index (χ1n) is 16.0. The number of nitrogens with zero attached hydrogens (tertiary/aromatic N) is 2. The molecule has 2 fully saturated rings. The van der Waals surface area contributed by atoms with E-state index in [1.54, 1.807) is 13.2 Å². The Morgan fingerprint density at radius 2 is 1.54 bits per heavy atom. The Kier molecular flexibility index (Phi) is 12.8. The number of aryl methyl sites for hydroxylation is 1. The summed E-state index contributed by atoms with van der Waals surface area (Å²) in [6, 6.07) is 3.95. The molecule has 2 aliphatic heterocycles. The molecule has 50 heavy (non-hydrogen) atoms. The Morgan fingerprint density at radius 1 is 0.900 bits per heavy atom. The molecule has 2 N–H and O–H groups in total. The van der Waals surface area contributed by atoms with E-state index in [1.807, 2.05) is 0 Å². The first-order valence-corrected chi connectivity index (χ1v) is 17.8. The molecule has 0 spiro atoms. The number of piperidine rings is 2.